The molecule has 128 valence electrons. The topological polar surface area (TPSA) is 80.9 Å². The van der Waals surface area contributed by atoms with Crippen LogP contribution in [0.2, 0.25) is 0 Å². The van der Waals surface area contributed by atoms with Gasteiger partial charge in [-0.05, 0) is 31.2 Å². The zero-order valence-corrected chi connectivity index (χ0v) is 14.9. The van der Waals surface area contributed by atoms with Gasteiger partial charge in [0.15, 0.2) is 0 Å². The number of pyridine rings is 2. The van der Waals surface area contributed by atoms with Gasteiger partial charge in [-0.2, -0.15) is 0 Å². The van der Waals surface area contributed by atoms with Crippen LogP contribution in [-0.2, 0) is 0 Å². The van der Waals surface area contributed by atoms with Crippen molar-refractivity contribution in [3.63, 3.8) is 0 Å². The van der Waals surface area contributed by atoms with Crippen molar-refractivity contribution >= 4 is 39.0 Å². The zero-order valence-electron chi connectivity index (χ0n) is 14.1. The number of benzene rings is 1. The molecule has 3 N–H and O–H groups in total. The number of nitrogens with two attached hydrogens (primary N) is 1. The molecule has 1 amide bonds. The highest BCUT2D eigenvalue weighted by Crippen LogP contribution is 2.34. The van der Waals surface area contributed by atoms with Gasteiger partial charge in [-0.25, -0.2) is 9.97 Å². The second-order valence-corrected chi connectivity index (χ2v) is 6.88. The van der Waals surface area contributed by atoms with E-state index in [0.29, 0.717) is 16.4 Å². The van der Waals surface area contributed by atoms with Gasteiger partial charge in [-0.1, -0.05) is 36.4 Å². The predicted octanol–water partition coefficient (Wildman–Crippen LogP) is 4.50. The van der Waals surface area contributed by atoms with Gasteiger partial charge >= 0.3 is 0 Å². The minimum atomic E-state index is -0.273. The molecule has 0 aliphatic heterocycles. The summed E-state index contributed by atoms with van der Waals surface area (Å²) < 4.78 is 0. The van der Waals surface area contributed by atoms with Crippen LogP contribution in [0.4, 0.5) is 11.5 Å². The first-order valence-corrected chi connectivity index (χ1v) is 8.93. The third-order valence-electron chi connectivity index (χ3n) is 4.00. The van der Waals surface area contributed by atoms with Gasteiger partial charge in [0.25, 0.3) is 5.91 Å². The van der Waals surface area contributed by atoms with E-state index in [1.165, 1.54) is 11.3 Å². The van der Waals surface area contributed by atoms with E-state index >= 15 is 0 Å². The van der Waals surface area contributed by atoms with Crippen molar-refractivity contribution < 1.29 is 4.79 Å². The van der Waals surface area contributed by atoms with Gasteiger partial charge in [0.05, 0.1) is 11.4 Å². The highest BCUT2D eigenvalue weighted by molar-refractivity contribution is 7.21. The summed E-state index contributed by atoms with van der Waals surface area (Å²) in [5.74, 6) is 0.231. The van der Waals surface area contributed by atoms with Crippen molar-refractivity contribution in [2.45, 2.75) is 6.92 Å². The summed E-state index contributed by atoms with van der Waals surface area (Å²) in [4.78, 5) is 22.8. The normalized spacial score (nSPS) is 10.8. The highest BCUT2D eigenvalue weighted by Gasteiger charge is 2.18. The number of thiophene rings is 1. The number of hydrogen-bond acceptors (Lipinski definition) is 5. The molecule has 0 aliphatic carbocycles. The average molecular weight is 360 g/mol. The molecule has 0 radical (unpaired) electrons. The fraction of sp³-hybridized carbons (Fsp3) is 0.0500. The van der Waals surface area contributed by atoms with Gasteiger partial charge < -0.3 is 11.1 Å². The summed E-state index contributed by atoms with van der Waals surface area (Å²) in [7, 11) is 0. The van der Waals surface area contributed by atoms with Crippen molar-refractivity contribution in [3.05, 3.63) is 71.2 Å². The van der Waals surface area contributed by atoms with Crippen LogP contribution in [0.1, 0.15) is 15.4 Å². The van der Waals surface area contributed by atoms with E-state index in [0.717, 1.165) is 27.2 Å². The molecule has 4 aromatic rings. The van der Waals surface area contributed by atoms with E-state index in [-0.39, 0.29) is 5.91 Å². The maximum atomic E-state index is 12.6. The number of aryl methyl sites for hydroxylation is 1. The van der Waals surface area contributed by atoms with E-state index in [1.54, 1.807) is 6.07 Å². The predicted molar refractivity (Wildman–Crippen MR) is 106 cm³/mol. The molecular weight excluding hydrogens is 344 g/mol. The maximum Gasteiger partial charge on any atom is 0.269 e. The van der Waals surface area contributed by atoms with Gasteiger partial charge in [0.1, 0.15) is 15.5 Å². The average Bonchev–Trinajstić information content (AvgIpc) is 2.99. The first-order valence-electron chi connectivity index (χ1n) is 8.11. The fourth-order valence-corrected chi connectivity index (χ4v) is 3.71. The van der Waals surface area contributed by atoms with Gasteiger partial charge in [-0.3, -0.25) is 4.79 Å². The Hall–Kier alpha value is -3.25. The Morgan fingerprint density at radius 3 is 2.58 bits per heavy atom. The standard InChI is InChI=1S/C20H16N4OS/c1-12-6-5-9-16(22-12)24-19(25)18-17(21)14-10-11-15(23-20(14)26-18)13-7-3-2-4-8-13/h2-11H,21H2,1H3,(H,22,24,25). The number of amides is 1. The van der Waals surface area contributed by atoms with E-state index in [2.05, 4.69) is 15.3 Å². The molecule has 5 nitrogen and oxygen atoms in total. The van der Waals surface area contributed by atoms with Crippen molar-refractivity contribution in [1.29, 1.82) is 0 Å². The van der Waals surface area contributed by atoms with Crippen molar-refractivity contribution in [1.82, 2.24) is 9.97 Å². The number of anilines is 2. The number of fused-ring (bicyclic) bond motifs is 1. The summed E-state index contributed by atoms with van der Waals surface area (Å²) in [5.41, 5.74) is 9.36. The lowest BCUT2D eigenvalue weighted by molar-refractivity contribution is 0.103. The van der Waals surface area contributed by atoms with Gasteiger partial charge in [0, 0.05) is 16.6 Å². The first kappa shape index (κ1) is 16.2. The zero-order chi connectivity index (χ0) is 18.1. The second-order valence-electron chi connectivity index (χ2n) is 5.88. The Kier molecular flexibility index (Phi) is 4.10. The molecule has 1 aromatic carbocycles. The molecule has 0 spiro atoms. The number of nitrogens with one attached hydrogen (secondary N) is 1. The SMILES string of the molecule is Cc1cccc(NC(=O)c2sc3nc(-c4ccccc4)ccc3c2N)n1. The number of aromatic nitrogens is 2. The quantitative estimate of drug-likeness (QED) is 0.563. The Morgan fingerprint density at radius 2 is 1.81 bits per heavy atom. The third-order valence-corrected chi connectivity index (χ3v) is 5.11. The van der Waals surface area contributed by atoms with Crippen LogP contribution < -0.4 is 11.1 Å². The van der Waals surface area contributed by atoms with Crippen molar-refractivity contribution in [2.75, 3.05) is 11.1 Å². The molecule has 3 heterocycles. The summed E-state index contributed by atoms with van der Waals surface area (Å²) in [5, 5.41) is 3.59. The highest BCUT2D eigenvalue weighted by atomic mass is 32.1. The molecule has 3 aromatic heterocycles. The van der Waals surface area contributed by atoms with E-state index in [9.17, 15) is 4.79 Å². The molecule has 6 heteroatoms. The number of carbonyl (C=O) groups is 1. The van der Waals surface area contributed by atoms with Crippen molar-refractivity contribution in [3.8, 4) is 11.3 Å². The third kappa shape index (κ3) is 3.02. The lowest BCUT2D eigenvalue weighted by Gasteiger charge is -2.04. The van der Waals surface area contributed by atoms with Crippen LogP contribution in [0.5, 0.6) is 0 Å². The van der Waals surface area contributed by atoms with Crippen LogP contribution >= 0.6 is 11.3 Å². The minimum Gasteiger partial charge on any atom is -0.397 e. The van der Waals surface area contributed by atoms with Crippen LogP contribution in [0.15, 0.2) is 60.7 Å². The molecule has 0 saturated heterocycles. The Balaban J connectivity index is 1.69. The molecule has 0 atom stereocenters. The maximum absolute atomic E-state index is 12.6. The number of nitrogen functional groups attached to an aromatic ring is 1. The van der Waals surface area contributed by atoms with Crippen molar-refractivity contribution in [2.24, 2.45) is 0 Å². The monoisotopic (exact) mass is 360 g/mol. The van der Waals surface area contributed by atoms with E-state index in [1.807, 2.05) is 61.5 Å². The molecule has 26 heavy (non-hydrogen) atoms. The number of nitrogens with zero attached hydrogens (tertiary/aromatic N) is 2. The Bertz CT molecular complexity index is 1110. The number of hydrogen-bond donors (Lipinski definition) is 2. The molecule has 0 unspecified atom stereocenters. The molecule has 4 rings (SSSR count). The van der Waals surface area contributed by atoms with Crippen LogP contribution in [0, 0.1) is 6.92 Å². The Morgan fingerprint density at radius 1 is 1.00 bits per heavy atom. The summed E-state index contributed by atoms with van der Waals surface area (Å²) in [6, 6.07) is 19.2. The number of rotatable bonds is 3. The van der Waals surface area contributed by atoms with Crippen LogP contribution in [0.3, 0.4) is 0 Å². The van der Waals surface area contributed by atoms with E-state index < -0.39 is 0 Å². The molecule has 0 fully saturated rings. The summed E-state index contributed by atoms with van der Waals surface area (Å²) in [6.45, 7) is 1.87. The molecule has 0 aliphatic rings. The smallest absolute Gasteiger partial charge is 0.269 e. The van der Waals surface area contributed by atoms with Gasteiger partial charge in [-0.15, -0.1) is 11.3 Å². The first-order chi connectivity index (χ1) is 12.6. The molecule has 0 bridgehead atoms. The molecule has 0 saturated carbocycles. The second kappa shape index (κ2) is 6.57. The molecular formula is C20H16N4OS. The van der Waals surface area contributed by atoms with Crippen LogP contribution in [-0.4, -0.2) is 15.9 Å². The lowest BCUT2D eigenvalue weighted by Crippen LogP contribution is -2.13. The van der Waals surface area contributed by atoms with Crippen LogP contribution in [0.25, 0.3) is 21.5 Å². The Labute approximate surface area is 154 Å². The summed E-state index contributed by atoms with van der Waals surface area (Å²) in [6.07, 6.45) is 0. The lowest BCUT2D eigenvalue weighted by atomic mass is 10.1. The van der Waals surface area contributed by atoms with E-state index in [4.69, 9.17) is 5.73 Å². The van der Waals surface area contributed by atoms with Gasteiger partial charge in [0.2, 0.25) is 0 Å². The fourth-order valence-electron chi connectivity index (χ4n) is 2.72. The summed E-state index contributed by atoms with van der Waals surface area (Å²) >= 11 is 1.29. The number of carbonyl (C=O) groups excluding carboxylic acids is 1. The minimum absolute atomic E-state index is 0.273. The largest absolute Gasteiger partial charge is 0.397 e.